The number of carbonyl (C=O) groups is 2. The first-order valence-corrected chi connectivity index (χ1v) is 10.9. The zero-order valence-electron chi connectivity index (χ0n) is 18.3. The van der Waals surface area contributed by atoms with Crippen LogP contribution >= 0.6 is 0 Å². The number of piperidine rings is 1. The van der Waals surface area contributed by atoms with Crippen LogP contribution in [0.1, 0.15) is 68.3 Å². The number of hydrogen-bond donors (Lipinski definition) is 3. The number of primary amides is 1. The van der Waals surface area contributed by atoms with Gasteiger partial charge >= 0.3 is 0 Å². The van der Waals surface area contributed by atoms with Crippen LogP contribution in [0.25, 0.3) is 0 Å². The van der Waals surface area contributed by atoms with E-state index in [-0.39, 0.29) is 28.6 Å². The molecule has 166 valence electrons. The van der Waals surface area contributed by atoms with Crippen LogP contribution in [0.3, 0.4) is 0 Å². The number of carbonyl (C=O) groups excluding carboxylic acids is 2. The molecule has 0 saturated carbocycles. The smallest absolute Gasteiger partial charge is 0.252 e. The third-order valence-electron chi connectivity index (χ3n) is 6.44. The van der Waals surface area contributed by atoms with Crippen molar-refractivity contribution in [2.24, 2.45) is 11.1 Å². The Morgan fingerprint density at radius 1 is 1.20 bits per heavy atom. The van der Waals surface area contributed by atoms with Crippen LogP contribution in [0, 0.1) is 5.41 Å². The quantitative estimate of drug-likeness (QED) is 0.630. The van der Waals surface area contributed by atoms with Gasteiger partial charge < -0.3 is 20.8 Å². The average Bonchev–Trinajstić information content (AvgIpc) is 2.90. The fourth-order valence-electron chi connectivity index (χ4n) is 5.18. The molecule has 1 aromatic rings. The maximum atomic E-state index is 12.2. The van der Waals surface area contributed by atoms with Crippen LogP contribution in [-0.4, -0.2) is 70.2 Å². The molecule has 2 aliphatic heterocycles. The van der Waals surface area contributed by atoms with Gasteiger partial charge in [0.1, 0.15) is 12.4 Å². The number of fused-ring (bicyclic) bond motifs is 2. The summed E-state index contributed by atoms with van der Waals surface area (Å²) in [5.74, 6) is -0.613. The zero-order valence-corrected chi connectivity index (χ0v) is 18.3. The number of aliphatic hydroxyl groups excluding tert-OH is 1. The Morgan fingerprint density at radius 2 is 1.83 bits per heavy atom. The minimum atomic E-state index is -0.609. The first-order valence-electron chi connectivity index (χ1n) is 10.9. The van der Waals surface area contributed by atoms with Gasteiger partial charge in [-0.05, 0) is 48.6 Å². The highest BCUT2D eigenvalue weighted by Crippen LogP contribution is 2.45. The summed E-state index contributed by atoms with van der Waals surface area (Å²) in [7, 11) is 0. The van der Waals surface area contributed by atoms with E-state index in [1.165, 1.54) is 0 Å². The second-order valence-corrected chi connectivity index (χ2v) is 9.93. The minimum absolute atomic E-state index is 0.0211. The monoisotopic (exact) mass is 417 g/mol. The van der Waals surface area contributed by atoms with Gasteiger partial charge in [-0.2, -0.15) is 0 Å². The molecule has 0 radical (unpaired) electrons. The highest BCUT2D eigenvalue weighted by Gasteiger charge is 2.41. The van der Waals surface area contributed by atoms with Gasteiger partial charge in [0.05, 0.1) is 5.56 Å². The van der Waals surface area contributed by atoms with E-state index in [2.05, 4.69) is 25.7 Å². The Hall–Kier alpha value is -2.12. The molecule has 1 aromatic carbocycles. The van der Waals surface area contributed by atoms with Gasteiger partial charge in [-0.1, -0.05) is 32.9 Å². The van der Waals surface area contributed by atoms with Crippen LogP contribution in [0.2, 0.25) is 0 Å². The molecule has 2 saturated heterocycles. The van der Waals surface area contributed by atoms with Crippen molar-refractivity contribution in [2.45, 2.75) is 64.5 Å². The van der Waals surface area contributed by atoms with E-state index in [1.54, 1.807) is 17.0 Å². The minimum Gasteiger partial charge on any atom is -0.507 e. The number of para-hydroxylation sites is 1. The van der Waals surface area contributed by atoms with Crippen LogP contribution in [-0.2, 0) is 4.79 Å². The van der Waals surface area contributed by atoms with E-state index in [1.807, 2.05) is 6.07 Å². The van der Waals surface area contributed by atoms with Crippen LogP contribution in [0.15, 0.2) is 18.2 Å². The third kappa shape index (κ3) is 4.95. The summed E-state index contributed by atoms with van der Waals surface area (Å²) in [5, 5.41) is 19.9. The normalized spacial score (nSPS) is 24.1. The lowest BCUT2D eigenvalue weighted by Crippen LogP contribution is -2.48. The SMILES string of the molecule is CC(C)(C)CN(CCN1[C@@H]2CC[C@@H]1CC(c1cccc(C(N)=O)c1O)C2)C(=O)CO. The largest absolute Gasteiger partial charge is 0.507 e. The first kappa shape index (κ1) is 22.6. The van der Waals surface area contributed by atoms with Crippen LogP contribution in [0.4, 0.5) is 0 Å². The van der Waals surface area contributed by atoms with Crippen LogP contribution < -0.4 is 5.73 Å². The summed E-state index contributed by atoms with van der Waals surface area (Å²) < 4.78 is 0. The van der Waals surface area contributed by atoms with Crippen molar-refractivity contribution in [3.05, 3.63) is 29.3 Å². The molecular formula is C23H35N3O4. The number of phenols is 1. The molecule has 7 heteroatoms. The van der Waals surface area contributed by atoms with Gasteiger partial charge in [0, 0.05) is 31.7 Å². The molecule has 30 heavy (non-hydrogen) atoms. The summed E-state index contributed by atoms with van der Waals surface area (Å²) in [5.41, 5.74) is 6.36. The second kappa shape index (κ2) is 8.94. The van der Waals surface area contributed by atoms with E-state index in [0.717, 1.165) is 37.8 Å². The Balaban J connectivity index is 1.68. The van der Waals surface area contributed by atoms with Crippen LogP contribution in [0.5, 0.6) is 5.75 Å². The molecule has 7 nitrogen and oxygen atoms in total. The Bertz CT molecular complexity index is 775. The molecule has 2 bridgehead atoms. The standard InChI is InChI=1S/C23H35N3O4/c1-23(2,3)14-25(20(28)13-27)9-10-26-16-7-8-17(26)12-15(11-16)18-5-4-6-19(21(18)29)22(24)30/h4-6,15-17,27,29H,7-14H2,1-3H3,(H2,24,30)/t16-,17-/m1/s1. The number of benzene rings is 1. The van der Waals surface area contributed by atoms with Crippen molar-refractivity contribution in [3.8, 4) is 5.75 Å². The lowest BCUT2D eigenvalue weighted by Gasteiger charge is -2.40. The molecule has 4 N–H and O–H groups in total. The molecule has 0 unspecified atom stereocenters. The van der Waals surface area contributed by atoms with E-state index in [4.69, 9.17) is 5.73 Å². The number of nitrogens with two attached hydrogens (primary N) is 1. The number of aromatic hydroxyl groups is 1. The molecule has 0 spiro atoms. The molecule has 0 aromatic heterocycles. The lowest BCUT2D eigenvalue weighted by atomic mass is 9.83. The maximum absolute atomic E-state index is 12.2. The van der Waals surface area contributed by atoms with Gasteiger partial charge in [-0.15, -0.1) is 0 Å². The topological polar surface area (TPSA) is 107 Å². The lowest BCUT2D eigenvalue weighted by molar-refractivity contribution is -0.135. The summed E-state index contributed by atoms with van der Waals surface area (Å²) in [6, 6.07) is 6.03. The predicted molar refractivity (Wildman–Crippen MR) is 115 cm³/mol. The van der Waals surface area contributed by atoms with E-state index < -0.39 is 12.5 Å². The van der Waals surface area contributed by atoms with E-state index >= 15 is 0 Å². The van der Waals surface area contributed by atoms with E-state index in [9.17, 15) is 19.8 Å². The molecule has 2 aliphatic rings. The fraction of sp³-hybridized carbons (Fsp3) is 0.652. The van der Waals surface area contributed by atoms with E-state index in [0.29, 0.717) is 25.2 Å². The molecule has 2 atom stereocenters. The van der Waals surface area contributed by atoms with Crippen molar-refractivity contribution >= 4 is 11.8 Å². The highest BCUT2D eigenvalue weighted by atomic mass is 16.3. The Morgan fingerprint density at radius 3 is 2.37 bits per heavy atom. The Kier molecular flexibility index (Phi) is 6.72. The van der Waals surface area contributed by atoms with Crippen molar-refractivity contribution in [1.82, 2.24) is 9.80 Å². The van der Waals surface area contributed by atoms with Gasteiger partial charge in [-0.25, -0.2) is 0 Å². The predicted octanol–water partition coefficient (Wildman–Crippen LogP) is 2.07. The number of aliphatic hydroxyl groups is 1. The first-order chi connectivity index (χ1) is 14.1. The molecule has 2 amide bonds. The van der Waals surface area contributed by atoms with Gasteiger partial charge in [0.25, 0.3) is 5.91 Å². The summed E-state index contributed by atoms with van der Waals surface area (Å²) >= 11 is 0. The highest BCUT2D eigenvalue weighted by molar-refractivity contribution is 5.96. The molecule has 2 fully saturated rings. The molecular weight excluding hydrogens is 382 g/mol. The molecule has 2 heterocycles. The van der Waals surface area contributed by atoms with Gasteiger partial charge in [-0.3, -0.25) is 14.5 Å². The summed E-state index contributed by atoms with van der Waals surface area (Å²) in [4.78, 5) is 28.0. The fourth-order valence-corrected chi connectivity index (χ4v) is 5.18. The average molecular weight is 418 g/mol. The van der Waals surface area contributed by atoms with Crippen molar-refractivity contribution < 1.29 is 19.8 Å². The summed E-state index contributed by atoms with van der Waals surface area (Å²) in [6.07, 6.45) is 4.04. The zero-order chi connectivity index (χ0) is 22.1. The van der Waals surface area contributed by atoms with Gasteiger partial charge in [0.2, 0.25) is 5.91 Å². The number of rotatable bonds is 7. The molecule has 0 aliphatic carbocycles. The molecule has 3 rings (SSSR count). The maximum Gasteiger partial charge on any atom is 0.252 e. The van der Waals surface area contributed by atoms with Gasteiger partial charge in [0.15, 0.2) is 0 Å². The number of amides is 2. The number of nitrogens with zero attached hydrogens (tertiary/aromatic N) is 2. The van der Waals surface area contributed by atoms with Crippen molar-refractivity contribution in [1.29, 1.82) is 0 Å². The van der Waals surface area contributed by atoms with Crippen molar-refractivity contribution in [3.63, 3.8) is 0 Å². The second-order valence-electron chi connectivity index (χ2n) is 9.93. The number of hydrogen-bond acceptors (Lipinski definition) is 5. The third-order valence-corrected chi connectivity index (χ3v) is 6.44. The summed E-state index contributed by atoms with van der Waals surface area (Å²) in [6.45, 7) is 7.83. The Labute approximate surface area is 178 Å². The van der Waals surface area contributed by atoms with Crippen molar-refractivity contribution in [2.75, 3.05) is 26.2 Å².